The molecule has 2 N–H and O–H groups in total. The monoisotopic (exact) mass is 250 g/mol. The molecule has 0 radical (unpaired) electrons. The molecular weight excluding hydrogens is 224 g/mol. The van der Waals surface area contributed by atoms with Gasteiger partial charge < -0.3 is 10.4 Å². The minimum Gasteiger partial charge on any atom is -0.389 e. The van der Waals surface area contributed by atoms with Crippen molar-refractivity contribution in [2.45, 2.75) is 63.9 Å². The second-order valence-electron chi connectivity index (χ2n) is 6.51. The van der Waals surface area contributed by atoms with Crippen LogP contribution >= 0.6 is 0 Å². The number of nitrogens with zero attached hydrogens (tertiary/aromatic N) is 1. The zero-order chi connectivity index (χ0) is 13.1. The molecule has 2 aliphatic rings. The van der Waals surface area contributed by atoms with Gasteiger partial charge in [0.25, 0.3) is 0 Å². The van der Waals surface area contributed by atoms with Gasteiger partial charge >= 0.3 is 0 Å². The summed E-state index contributed by atoms with van der Waals surface area (Å²) in [7, 11) is 0. The van der Waals surface area contributed by atoms with Crippen LogP contribution in [-0.2, 0) is 0 Å². The van der Waals surface area contributed by atoms with Gasteiger partial charge in [-0.3, -0.25) is 0 Å². The standard InChI is InChI=1S/C15H26N2O/c1-2-13-3-5-15(18,6-4-13)12-17-11-14(7-8-14)9-10-16/h13,17-18H,2-9,11-12H2,1H3. The van der Waals surface area contributed by atoms with E-state index in [0.717, 1.165) is 38.1 Å². The fourth-order valence-electron chi connectivity index (χ4n) is 3.12. The fraction of sp³-hybridized carbons (Fsp3) is 0.933. The topological polar surface area (TPSA) is 56.0 Å². The lowest BCUT2D eigenvalue weighted by Gasteiger charge is -2.36. The number of hydrogen-bond acceptors (Lipinski definition) is 3. The van der Waals surface area contributed by atoms with Crippen LogP contribution in [0.5, 0.6) is 0 Å². The van der Waals surface area contributed by atoms with Crippen LogP contribution in [0.15, 0.2) is 0 Å². The third kappa shape index (κ3) is 3.46. The van der Waals surface area contributed by atoms with Gasteiger partial charge in [-0.25, -0.2) is 0 Å². The van der Waals surface area contributed by atoms with E-state index in [0.29, 0.717) is 13.0 Å². The van der Waals surface area contributed by atoms with E-state index >= 15 is 0 Å². The summed E-state index contributed by atoms with van der Waals surface area (Å²) in [6.07, 6.45) is 8.45. The smallest absolute Gasteiger partial charge is 0.0771 e. The lowest BCUT2D eigenvalue weighted by Crippen LogP contribution is -2.44. The van der Waals surface area contributed by atoms with Gasteiger partial charge in [0.2, 0.25) is 0 Å². The molecule has 102 valence electrons. The molecule has 0 saturated heterocycles. The second-order valence-corrected chi connectivity index (χ2v) is 6.51. The molecule has 0 heterocycles. The van der Waals surface area contributed by atoms with Gasteiger partial charge in [-0.15, -0.1) is 0 Å². The molecule has 0 atom stereocenters. The summed E-state index contributed by atoms with van der Waals surface area (Å²) >= 11 is 0. The maximum absolute atomic E-state index is 10.5. The van der Waals surface area contributed by atoms with E-state index in [1.807, 2.05) is 0 Å². The first kappa shape index (κ1) is 13.8. The summed E-state index contributed by atoms with van der Waals surface area (Å²) in [6.45, 7) is 3.85. The molecule has 2 saturated carbocycles. The number of nitriles is 1. The van der Waals surface area contributed by atoms with Gasteiger partial charge in [-0.2, -0.15) is 5.26 Å². The highest BCUT2D eigenvalue weighted by Gasteiger charge is 2.42. The Labute approximate surface area is 111 Å². The summed E-state index contributed by atoms with van der Waals surface area (Å²) < 4.78 is 0. The van der Waals surface area contributed by atoms with Crippen molar-refractivity contribution in [1.82, 2.24) is 5.32 Å². The Morgan fingerprint density at radius 1 is 1.22 bits per heavy atom. The van der Waals surface area contributed by atoms with E-state index in [-0.39, 0.29) is 5.41 Å². The molecule has 3 nitrogen and oxygen atoms in total. The Morgan fingerprint density at radius 2 is 1.89 bits per heavy atom. The van der Waals surface area contributed by atoms with Crippen LogP contribution in [0.4, 0.5) is 0 Å². The molecule has 0 aliphatic heterocycles. The van der Waals surface area contributed by atoms with E-state index < -0.39 is 5.60 Å². The van der Waals surface area contributed by atoms with Crippen LogP contribution in [0.2, 0.25) is 0 Å². The summed E-state index contributed by atoms with van der Waals surface area (Å²) in [5.41, 5.74) is -0.250. The van der Waals surface area contributed by atoms with E-state index in [2.05, 4.69) is 18.3 Å². The Morgan fingerprint density at radius 3 is 2.39 bits per heavy atom. The highest BCUT2D eigenvalue weighted by atomic mass is 16.3. The minimum atomic E-state index is -0.492. The molecule has 0 spiro atoms. The summed E-state index contributed by atoms with van der Waals surface area (Å²) in [5.74, 6) is 0.818. The lowest BCUT2D eigenvalue weighted by molar-refractivity contribution is -0.00927. The van der Waals surface area contributed by atoms with E-state index in [1.54, 1.807) is 0 Å². The van der Waals surface area contributed by atoms with Crippen molar-refractivity contribution >= 4 is 0 Å². The fourth-order valence-corrected chi connectivity index (χ4v) is 3.12. The molecule has 2 fully saturated rings. The largest absolute Gasteiger partial charge is 0.389 e. The summed E-state index contributed by atoms with van der Waals surface area (Å²) in [6, 6.07) is 2.28. The van der Waals surface area contributed by atoms with E-state index in [1.165, 1.54) is 19.3 Å². The van der Waals surface area contributed by atoms with Gasteiger partial charge in [-0.1, -0.05) is 13.3 Å². The number of aliphatic hydroxyl groups is 1. The van der Waals surface area contributed by atoms with Crippen molar-refractivity contribution in [1.29, 1.82) is 5.26 Å². The predicted octanol–water partition coefficient (Wildman–Crippen LogP) is 2.60. The van der Waals surface area contributed by atoms with Gasteiger partial charge in [0.15, 0.2) is 0 Å². The quantitative estimate of drug-likeness (QED) is 0.762. The highest BCUT2D eigenvalue weighted by molar-refractivity contribution is 5.01. The Kier molecular flexibility index (Phi) is 4.29. The van der Waals surface area contributed by atoms with Crippen molar-refractivity contribution in [3.05, 3.63) is 0 Å². The van der Waals surface area contributed by atoms with Crippen molar-refractivity contribution < 1.29 is 5.11 Å². The van der Waals surface area contributed by atoms with Gasteiger partial charge in [-0.05, 0) is 49.9 Å². The first-order chi connectivity index (χ1) is 8.61. The molecule has 2 rings (SSSR count). The third-order valence-corrected chi connectivity index (χ3v) is 4.98. The molecule has 0 amide bonds. The average molecular weight is 250 g/mol. The van der Waals surface area contributed by atoms with Gasteiger partial charge in [0, 0.05) is 19.5 Å². The first-order valence-corrected chi connectivity index (χ1v) is 7.41. The van der Waals surface area contributed by atoms with Crippen LogP contribution in [0.25, 0.3) is 0 Å². The molecule has 0 aromatic heterocycles. The Balaban J connectivity index is 1.69. The zero-order valence-electron chi connectivity index (χ0n) is 11.5. The summed E-state index contributed by atoms with van der Waals surface area (Å²) in [4.78, 5) is 0. The SMILES string of the molecule is CCC1CCC(O)(CNCC2(CC#N)CC2)CC1. The summed E-state index contributed by atoms with van der Waals surface area (Å²) in [5, 5.41) is 22.7. The van der Waals surface area contributed by atoms with Crippen molar-refractivity contribution in [3.63, 3.8) is 0 Å². The van der Waals surface area contributed by atoms with Crippen LogP contribution in [0.3, 0.4) is 0 Å². The second kappa shape index (κ2) is 5.59. The van der Waals surface area contributed by atoms with Gasteiger partial charge in [0.05, 0.1) is 11.7 Å². The third-order valence-electron chi connectivity index (χ3n) is 4.98. The Hall–Kier alpha value is -0.590. The highest BCUT2D eigenvalue weighted by Crippen LogP contribution is 2.48. The number of hydrogen-bond donors (Lipinski definition) is 2. The molecule has 0 aromatic rings. The maximum atomic E-state index is 10.5. The minimum absolute atomic E-state index is 0.242. The normalized spacial score (nSPS) is 33.9. The molecule has 18 heavy (non-hydrogen) atoms. The Bertz CT molecular complexity index is 309. The van der Waals surface area contributed by atoms with E-state index in [9.17, 15) is 5.11 Å². The lowest BCUT2D eigenvalue weighted by atomic mass is 9.78. The molecule has 0 aromatic carbocycles. The molecule has 0 bridgehead atoms. The van der Waals surface area contributed by atoms with Gasteiger partial charge in [0.1, 0.15) is 0 Å². The number of nitrogens with one attached hydrogen (secondary N) is 1. The van der Waals surface area contributed by atoms with Crippen LogP contribution < -0.4 is 5.32 Å². The molecular formula is C15H26N2O. The molecule has 3 heteroatoms. The maximum Gasteiger partial charge on any atom is 0.0771 e. The molecule has 2 aliphatic carbocycles. The van der Waals surface area contributed by atoms with Crippen molar-refractivity contribution in [2.24, 2.45) is 11.3 Å². The van der Waals surface area contributed by atoms with Crippen molar-refractivity contribution in [3.8, 4) is 6.07 Å². The zero-order valence-corrected chi connectivity index (χ0v) is 11.5. The molecule has 0 unspecified atom stereocenters. The van der Waals surface area contributed by atoms with Crippen LogP contribution in [0.1, 0.15) is 58.3 Å². The number of rotatable bonds is 6. The predicted molar refractivity (Wildman–Crippen MR) is 72.0 cm³/mol. The first-order valence-electron chi connectivity index (χ1n) is 7.41. The van der Waals surface area contributed by atoms with Crippen LogP contribution in [-0.4, -0.2) is 23.8 Å². The van der Waals surface area contributed by atoms with Crippen molar-refractivity contribution in [2.75, 3.05) is 13.1 Å². The van der Waals surface area contributed by atoms with Crippen LogP contribution in [0, 0.1) is 22.7 Å². The van der Waals surface area contributed by atoms with E-state index in [4.69, 9.17) is 5.26 Å². The average Bonchev–Trinajstić information content (AvgIpc) is 3.11.